The molecule has 2 aromatic rings. The van der Waals surface area contributed by atoms with Crippen molar-refractivity contribution in [2.75, 3.05) is 11.5 Å². The Morgan fingerprint density at radius 1 is 1.13 bits per heavy atom. The van der Waals surface area contributed by atoms with Gasteiger partial charge in [0, 0.05) is 0 Å². The predicted molar refractivity (Wildman–Crippen MR) is 114 cm³/mol. The molecule has 1 fully saturated rings. The van der Waals surface area contributed by atoms with Gasteiger partial charge in [-0.3, -0.25) is 14.9 Å². The van der Waals surface area contributed by atoms with E-state index in [9.17, 15) is 19.2 Å². The van der Waals surface area contributed by atoms with Crippen LogP contribution in [0.3, 0.4) is 0 Å². The van der Waals surface area contributed by atoms with Crippen LogP contribution >= 0.6 is 23.2 Å². The molecule has 1 aliphatic rings. The van der Waals surface area contributed by atoms with Gasteiger partial charge in [0.1, 0.15) is 5.57 Å². The fourth-order valence-electron chi connectivity index (χ4n) is 2.87. The molecule has 0 atom stereocenters. The number of amides is 4. The van der Waals surface area contributed by atoms with Gasteiger partial charge in [-0.05, 0) is 47.9 Å². The summed E-state index contributed by atoms with van der Waals surface area (Å²) >= 11 is 12.2. The van der Waals surface area contributed by atoms with Crippen molar-refractivity contribution in [3.8, 4) is 5.75 Å². The number of carboxylic acid groups (broad SMARTS) is 1. The van der Waals surface area contributed by atoms with E-state index in [-0.39, 0.29) is 26.9 Å². The molecule has 31 heavy (non-hydrogen) atoms. The van der Waals surface area contributed by atoms with Crippen LogP contribution in [0.4, 0.5) is 10.5 Å². The third-order valence-corrected chi connectivity index (χ3v) is 4.94. The lowest BCUT2D eigenvalue weighted by atomic mass is 10.1. The lowest BCUT2D eigenvalue weighted by Crippen LogP contribution is -2.54. The first kappa shape index (κ1) is 22.3. The number of rotatable bonds is 6. The maximum Gasteiger partial charge on any atom is 0.341 e. The van der Waals surface area contributed by atoms with Crippen molar-refractivity contribution in [3.63, 3.8) is 0 Å². The van der Waals surface area contributed by atoms with Crippen LogP contribution in [0.25, 0.3) is 6.08 Å². The maximum absolute atomic E-state index is 12.9. The number of benzene rings is 2. The molecule has 8 nitrogen and oxygen atoms in total. The Bertz CT molecular complexity index is 1090. The molecule has 0 unspecified atom stereocenters. The molecule has 10 heteroatoms. The normalized spacial score (nSPS) is 15.3. The van der Waals surface area contributed by atoms with Gasteiger partial charge < -0.3 is 9.84 Å². The summed E-state index contributed by atoms with van der Waals surface area (Å²) in [6.45, 7) is 1.33. The average molecular weight is 463 g/mol. The Kier molecular flexibility index (Phi) is 6.62. The second kappa shape index (κ2) is 9.20. The van der Waals surface area contributed by atoms with Crippen LogP contribution in [0.1, 0.15) is 18.1 Å². The van der Waals surface area contributed by atoms with E-state index in [2.05, 4.69) is 5.32 Å². The maximum atomic E-state index is 12.9. The van der Waals surface area contributed by atoms with Crippen molar-refractivity contribution in [3.05, 3.63) is 63.1 Å². The molecule has 0 radical (unpaired) electrons. The van der Waals surface area contributed by atoms with Crippen LogP contribution in [0, 0.1) is 0 Å². The van der Waals surface area contributed by atoms with Gasteiger partial charge in [-0.15, -0.1) is 0 Å². The summed E-state index contributed by atoms with van der Waals surface area (Å²) in [4.78, 5) is 49.1. The second-order valence-corrected chi connectivity index (χ2v) is 7.29. The van der Waals surface area contributed by atoms with Gasteiger partial charge in [0.15, 0.2) is 12.4 Å². The van der Waals surface area contributed by atoms with Crippen molar-refractivity contribution in [1.82, 2.24) is 5.32 Å². The largest absolute Gasteiger partial charge is 0.479 e. The Labute approximate surface area is 187 Å². The Hall–Kier alpha value is -3.36. The summed E-state index contributed by atoms with van der Waals surface area (Å²) in [7, 11) is 0. The highest BCUT2D eigenvalue weighted by Crippen LogP contribution is 2.35. The van der Waals surface area contributed by atoms with Gasteiger partial charge in [0.05, 0.1) is 15.7 Å². The molecule has 0 aromatic heterocycles. The van der Waals surface area contributed by atoms with E-state index in [1.807, 2.05) is 6.92 Å². The average Bonchev–Trinajstić information content (AvgIpc) is 2.70. The number of hydrogen-bond donors (Lipinski definition) is 2. The number of barbiturate groups is 1. The molecule has 1 saturated heterocycles. The zero-order valence-electron chi connectivity index (χ0n) is 16.1. The summed E-state index contributed by atoms with van der Waals surface area (Å²) < 4.78 is 5.04. The van der Waals surface area contributed by atoms with Crippen LogP contribution in [0.15, 0.2) is 42.0 Å². The number of urea groups is 1. The number of carbonyl (C=O) groups is 4. The minimum Gasteiger partial charge on any atom is -0.479 e. The molecule has 4 amide bonds. The Morgan fingerprint density at radius 2 is 1.74 bits per heavy atom. The third-order valence-electron chi connectivity index (χ3n) is 4.38. The van der Waals surface area contributed by atoms with Gasteiger partial charge in [-0.2, -0.15) is 0 Å². The van der Waals surface area contributed by atoms with E-state index < -0.39 is 30.4 Å². The fourth-order valence-corrected chi connectivity index (χ4v) is 3.49. The quantitative estimate of drug-likeness (QED) is 0.499. The fraction of sp³-hybridized carbons (Fsp3) is 0.143. The lowest BCUT2D eigenvalue weighted by Gasteiger charge is -2.26. The molecular formula is C21H16Cl2N2O6. The van der Waals surface area contributed by atoms with Crippen LogP contribution in [0.2, 0.25) is 10.0 Å². The van der Waals surface area contributed by atoms with Gasteiger partial charge in [0.25, 0.3) is 11.8 Å². The molecule has 0 saturated carbocycles. The second-order valence-electron chi connectivity index (χ2n) is 6.47. The zero-order valence-corrected chi connectivity index (χ0v) is 17.7. The van der Waals surface area contributed by atoms with E-state index in [0.717, 1.165) is 16.9 Å². The number of nitrogens with zero attached hydrogens (tertiary/aromatic N) is 1. The number of imide groups is 2. The van der Waals surface area contributed by atoms with E-state index in [0.29, 0.717) is 5.69 Å². The smallest absolute Gasteiger partial charge is 0.341 e. The predicted octanol–water partition coefficient (Wildman–Crippen LogP) is 3.69. The van der Waals surface area contributed by atoms with E-state index in [1.54, 1.807) is 24.3 Å². The van der Waals surface area contributed by atoms with Gasteiger partial charge in [0.2, 0.25) is 0 Å². The first-order valence-corrected chi connectivity index (χ1v) is 9.81. The summed E-state index contributed by atoms with van der Waals surface area (Å²) in [6.07, 6.45) is 2.02. The molecule has 0 aliphatic carbocycles. The molecule has 1 aliphatic heterocycles. The number of nitrogens with one attached hydrogen (secondary N) is 1. The van der Waals surface area contributed by atoms with E-state index in [1.165, 1.54) is 18.2 Å². The number of aliphatic carboxylic acids is 1. The zero-order chi connectivity index (χ0) is 22.7. The third kappa shape index (κ3) is 4.87. The van der Waals surface area contributed by atoms with Crippen LogP contribution in [0.5, 0.6) is 5.75 Å². The number of carbonyl (C=O) groups excluding carboxylic acids is 3. The van der Waals surface area contributed by atoms with E-state index >= 15 is 0 Å². The molecule has 160 valence electrons. The van der Waals surface area contributed by atoms with Crippen molar-refractivity contribution in [2.45, 2.75) is 13.3 Å². The summed E-state index contributed by atoms with van der Waals surface area (Å²) in [5.74, 6) is -2.93. The first-order chi connectivity index (χ1) is 14.7. The highest BCUT2D eigenvalue weighted by Gasteiger charge is 2.36. The summed E-state index contributed by atoms with van der Waals surface area (Å²) in [6, 6.07) is 8.66. The van der Waals surface area contributed by atoms with Crippen molar-refractivity contribution in [2.24, 2.45) is 0 Å². The van der Waals surface area contributed by atoms with Gasteiger partial charge in [-0.25, -0.2) is 14.5 Å². The van der Waals surface area contributed by atoms with Crippen molar-refractivity contribution in [1.29, 1.82) is 0 Å². The lowest BCUT2D eigenvalue weighted by molar-refractivity contribution is -0.139. The SMILES string of the molecule is CCc1ccc(N2C(=O)NC(=O)/C(=C/c3cc(Cl)c(OCC(=O)O)c(Cl)c3)C2=O)cc1. The standard InChI is InChI=1S/C21H16Cl2N2O6/c1-2-11-3-5-13(6-4-11)25-20(29)14(19(28)24-21(25)30)7-12-8-15(22)18(16(23)9-12)31-10-17(26)27/h3-9H,2,10H2,1H3,(H,26,27)(H,24,28,30)/b14-7-. The number of anilines is 1. The van der Waals surface area contributed by atoms with Crippen LogP contribution < -0.4 is 15.0 Å². The topological polar surface area (TPSA) is 113 Å². The van der Waals surface area contributed by atoms with Crippen molar-refractivity contribution < 1.29 is 29.0 Å². The van der Waals surface area contributed by atoms with Gasteiger partial charge in [-0.1, -0.05) is 42.3 Å². The first-order valence-electron chi connectivity index (χ1n) is 9.05. The monoisotopic (exact) mass is 462 g/mol. The Balaban J connectivity index is 1.95. The van der Waals surface area contributed by atoms with Gasteiger partial charge >= 0.3 is 12.0 Å². The molecule has 1 heterocycles. The van der Waals surface area contributed by atoms with E-state index in [4.69, 9.17) is 33.0 Å². The number of ether oxygens (including phenoxy) is 1. The minimum atomic E-state index is -1.21. The molecular weight excluding hydrogens is 447 g/mol. The van der Waals surface area contributed by atoms with Crippen LogP contribution in [-0.4, -0.2) is 35.5 Å². The highest BCUT2D eigenvalue weighted by atomic mass is 35.5. The molecule has 2 N–H and O–H groups in total. The summed E-state index contributed by atoms with van der Waals surface area (Å²) in [5.41, 5.74) is 1.32. The molecule has 2 aromatic carbocycles. The summed E-state index contributed by atoms with van der Waals surface area (Å²) in [5, 5.41) is 10.8. The number of carboxylic acids is 1. The van der Waals surface area contributed by atoms with Crippen LogP contribution in [-0.2, 0) is 20.8 Å². The number of halogens is 2. The number of hydrogen-bond acceptors (Lipinski definition) is 5. The highest BCUT2D eigenvalue weighted by molar-refractivity contribution is 6.40. The molecule has 3 rings (SSSR count). The molecule has 0 spiro atoms. The Morgan fingerprint density at radius 3 is 2.29 bits per heavy atom. The number of aryl methyl sites for hydroxylation is 1. The van der Waals surface area contributed by atoms with Crippen molar-refractivity contribution >= 4 is 58.8 Å². The minimum absolute atomic E-state index is 0.00708. The molecule has 0 bridgehead atoms.